The van der Waals surface area contributed by atoms with E-state index < -0.39 is 17.7 Å². The molecule has 12 nitrogen and oxygen atoms in total. The number of aliphatic carboxylic acids is 1. The van der Waals surface area contributed by atoms with E-state index in [0.717, 1.165) is 10.1 Å². The van der Waals surface area contributed by atoms with Crippen LogP contribution in [0.3, 0.4) is 0 Å². The molecular formula is C27H34F3N5O7S. The zero-order valence-electron chi connectivity index (χ0n) is 24.1. The number of benzene rings is 1. The Labute approximate surface area is 249 Å². The Kier molecular flexibility index (Phi) is 11.0. The van der Waals surface area contributed by atoms with Crippen molar-refractivity contribution in [2.24, 2.45) is 10.9 Å². The van der Waals surface area contributed by atoms with Crippen LogP contribution < -0.4 is 20.7 Å². The molecule has 4 rings (SSSR count). The third kappa shape index (κ3) is 8.13. The number of alkyl halides is 3. The number of anilines is 1. The molecule has 1 aromatic heterocycles. The van der Waals surface area contributed by atoms with Gasteiger partial charge < -0.3 is 30.1 Å². The number of carboxylic acids is 1. The van der Waals surface area contributed by atoms with Crippen molar-refractivity contribution >= 4 is 56.1 Å². The molecule has 0 aliphatic carbocycles. The molecule has 16 heteroatoms. The fourth-order valence-electron chi connectivity index (χ4n) is 4.48. The Bertz CT molecular complexity index is 1380. The molecule has 2 aliphatic rings. The number of methoxy groups -OCH3 is 1. The lowest BCUT2D eigenvalue weighted by Crippen LogP contribution is -2.50. The van der Waals surface area contributed by atoms with Crippen LogP contribution in [0, 0.1) is 5.92 Å². The molecule has 236 valence electrons. The van der Waals surface area contributed by atoms with Gasteiger partial charge in [-0.3, -0.25) is 19.9 Å². The number of thiophene rings is 1. The first kappa shape index (κ1) is 33.6. The Morgan fingerprint density at radius 3 is 2.44 bits per heavy atom. The van der Waals surface area contributed by atoms with E-state index in [1.807, 2.05) is 25.1 Å². The quantitative estimate of drug-likeness (QED) is 0.345. The SMILES string of the molecule is CCNC(=O)Nc1sc2c(OC)cccc2c1C(=O)N1CCC2(CC1)N=C(COCC(C)C)NC2=O.O=C(O)C(F)(F)F. The van der Waals surface area contributed by atoms with Gasteiger partial charge in [-0.05, 0) is 31.7 Å². The smallest absolute Gasteiger partial charge is 0.490 e. The highest BCUT2D eigenvalue weighted by atomic mass is 32.1. The van der Waals surface area contributed by atoms with E-state index in [9.17, 15) is 27.6 Å². The number of amides is 4. The minimum absolute atomic E-state index is 0.137. The van der Waals surface area contributed by atoms with Gasteiger partial charge in [0.15, 0.2) is 0 Å². The number of nitrogens with one attached hydrogen (secondary N) is 3. The average Bonchev–Trinajstić information content (AvgIpc) is 3.44. The number of likely N-dealkylation sites (tertiary alicyclic amines) is 1. The summed E-state index contributed by atoms with van der Waals surface area (Å²) in [4.78, 5) is 54.1. The van der Waals surface area contributed by atoms with Crippen molar-refractivity contribution in [2.45, 2.75) is 45.3 Å². The second-order valence-corrected chi connectivity index (χ2v) is 11.2. The number of rotatable bonds is 8. The van der Waals surface area contributed by atoms with Crippen molar-refractivity contribution in [1.82, 2.24) is 15.5 Å². The standard InChI is InChI=1S/C25H33N5O5S.C2HF3O2/c1-5-26-24(33)28-21-19(16-7-6-8-17(34-4)20(16)36-21)22(31)30-11-9-25(10-12-30)23(32)27-18(29-25)14-35-13-15(2)3;3-2(4,5)1(6)7/h6-8,15H,5,9-14H2,1-4H3,(H2,26,28,33)(H,27,29,32);(H,6,7). The van der Waals surface area contributed by atoms with Crippen molar-refractivity contribution in [1.29, 1.82) is 0 Å². The number of halogens is 3. The zero-order valence-corrected chi connectivity index (χ0v) is 24.9. The van der Waals surface area contributed by atoms with E-state index in [2.05, 4.69) is 34.8 Å². The second kappa shape index (κ2) is 14.0. The molecule has 0 saturated carbocycles. The minimum Gasteiger partial charge on any atom is -0.495 e. The summed E-state index contributed by atoms with van der Waals surface area (Å²) in [5.41, 5.74) is -0.437. The topological polar surface area (TPSA) is 159 Å². The van der Waals surface area contributed by atoms with Gasteiger partial charge in [-0.25, -0.2) is 9.59 Å². The summed E-state index contributed by atoms with van der Waals surface area (Å²) in [5.74, 6) is -1.51. The number of urea groups is 1. The normalized spacial score (nSPS) is 16.0. The number of hydrogen-bond acceptors (Lipinski definition) is 8. The summed E-state index contributed by atoms with van der Waals surface area (Å²) in [7, 11) is 1.58. The van der Waals surface area contributed by atoms with Gasteiger partial charge in [0.05, 0.1) is 17.4 Å². The molecule has 4 N–H and O–H groups in total. The number of hydrogen-bond donors (Lipinski definition) is 4. The molecule has 2 aliphatic heterocycles. The van der Waals surface area contributed by atoms with Crippen LogP contribution in [0.4, 0.5) is 23.0 Å². The minimum atomic E-state index is -5.08. The van der Waals surface area contributed by atoms with E-state index >= 15 is 0 Å². The van der Waals surface area contributed by atoms with Gasteiger partial charge in [-0.2, -0.15) is 13.2 Å². The number of aliphatic imine (C=N–C) groups is 1. The van der Waals surface area contributed by atoms with Crippen LogP contribution in [-0.4, -0.2) is 91.3 Å². The summed E-state index contributed by atoms with van der Waals surface area (Å²) in [6.45, 7) is 8.02. The van der Waals surface area contributed by atoms with E-state index in [-0.39, 0.29) is 24.5 Å². The van der Waals surface area contributed by atoms with Gasteiger partial charge in [-0.15, -0.1) is 11.3 Å². The van der Waals surface area contributed by atoms with Crippen molar-refractivity contribution in [3.05, 3.63) is 23.8 Å². The zero-order chi connectivity index (χ0) is 31.9. The summed E-state index contributed by atoms with van der Waals surface area (Å²) < 4.78 is 43.6. The number of carboxylic acid groups (broad SMARTS) is 1. The van der Waals surface area contributed by atoms with Gasteiger partial charge in [0, 0.05) is 31.6 Å². The Balaban J connectivity index is 0.000000646. The van der Waals surface area contributed by atoms with Crippen molar-refractivity contribution < 1.29 is 46.9 Å². The van der Waals surface area contributed by atoms with Gasteiger partial charge in [0.25, 0.3) is 11.8 Å². The highest BCUT2D eigenvalue weighted by Gasteiger charge is 2.46. The van der Waals surface area contributed by atoms with Crippen LogP contribution in [0.5, 0.6) is 5.75 Å². The number of piperidine rings is 1. The fourth-order valence-corrected chi connectivity index (χ4v) is 5.66. The molecule has 1 saturated heterocycles. The van der Waals surface area contributed by atoms with Gasteiger partial charge >= 0.3 is 18.2 Å². The number of ether oxygens (including phenoxy) is 2. The van der Waals surface area contributed by atoms with Crippen molar-refractivity contribution in [2.75, 3.05) is 45.3 Å². The third-order valence-electron chi connectivity index (χ3n) is 6.52. The fraction of sp³-hybridized carbons (Fsp3) is 0.519. The molecule has 0 radical (unpaired) electrons. The molecule has 43 heavy (non-hydrogen) atoms. The first-order valence-corrected chi connectivity index (χ1v) is 14.3. The van der Waals surface area contributed by atoms with E-state index in [0.29, 0.717) is 67.2 Å². The molecule has 0 atom stereocenters. The molecule has 0 unspecified atom stereocenters. The summed E-state index contributed by atoms with van der Waals surface area (Å²) in [6, 6.07) is 5.13. The van der Waals surface area contributed by atoms with Gasteiger partial charge in [-0.1, -0.05) is 26.0 Å². The monoisotopic (exact) mass is 629 g/mol. The maximum atomic E-state index is 13.8. The summed E-state index contributed by atoms with van der Waals surface area (Å²) in [5, 5.41) is 16.7. The molecule has 0 bridgehead atoms. The lowest BCUT2D eigenvalue weighted by molar-refractivity contribution is -0.192. The predicted octanol–water partition coefficient (Wildman–Crippen LogP) is 3.86. The van der Waals surface area contributed by atoms with Crippen LogP contribution >= 0.6 is 11.3 Å². The van der Waals surface area contributed by atoms with Crippen LogP contribution in [0.25, 0.3) is 10.1 Å². The number of nitrogens with zero attached hydrogens (tertiary/aromatic N) is 2. The average molecular weight is 630 g/mol. The number of carbonyl (C=O) groups is 4. The Morgan fingerprint density at radius 1 is 1.23 bits per heavy atom. The second-order valence-electron chi connectivity index (χ2n) is 10.2. The van der Waals surface area contributed by atoms with Gasteiger partial charge in [0.1, 0.15) is 28.7 Å². The van der Waals surface area contributed by atoms with Gasteiger partial charge in [0.2, 0.25) is 0 Å². The maximum absolute atomic E-state index is 13.8. The molecule has 1 aromatic carbocycles. The van der Waals surface area contributed by atoms with E-state index in [4.69, 9.17) is 19.4 Å². The van der Waals surface area contributed by atoms with Crippen LogP contribution in [-0.2, 0) is 14.3 Å². The molecule has 3 heterocycles. The summed E-state index contributed by atoms with van der Waals surface area (Å²) in [6.07, 6.45) is -4.24. The molecular weight excluding hydrogens is 595 g/mol. The van der Waals surface area contributed by atoms with Crippen molar-refractivity contribution in [3.63, 3.8) is 0 Å². The first-order chi connectivity index (χ1) is 20.2. The maximum Gasteiger partial charge on any atom is 0.490 e. The van der Waals surface area contributed by atoms with E-state index in [1.165, 1.54) is 11.3 Å². The molecule has 1 spiro atoms. The molecule has 4 amide bonds. The summed E-state index contributed by atoms with van der Waals surface area (Å²) >= 11 is 1.31. The van der Waals surface area contributed by atoms with Crippen LogP contribution in [0.15, 0.2) is 23.2 Å². The predicted molar refractivity (Wildman–Crippen MR) is 154 cm³/mol. The first-order valence-electron chi connectivity index (χ1n) is 13.4. The number of carbonyl (C=O) groups excluding carboxylic acids is 3. The van der Waals surface area contributed by atoms with Crippen LogP contribution in [0.2, 0.25) is 0 Å². The highest BCUT2D eigenvalue weighted by Crippen LogP contribution is 2.42. The van der Waals surface area contributed by atoms with Crippen LogP contribution in [0.1, 0.15) is 44.0 Å². The highest BCUT2D eigenvalue weighted by molar-refractivity contribution is 7.23. The molecule has 2 aromatic rings. The lowest BCUT2D eigenvalue weighted by atomic mass is 9.87. The Hall–Kier alpha value is -3.92. The largest absolute Gasteiger partial charge is 0.495 e. The van der Waals surface area contributed by atoms with Crippen molar-refractivity contribution in [3.8, 4) is 5.75 Å². The lowest BCUT2D eigenvalue weighted by Gasteiger charge is -2.35. The van der Waals surface area contributed by atoms with E-state index in [1.54, 1.807) is 12.0 Å². The number of amidine groups is 1. The third-order valence-corrected chi connectivity index (χ3v) is 7.65. The number of fused-ring (bicyclic) bond motifs is 1. The Morgan fingerprint density at radius 2 is 1.88 bits per heavy atom. The molecule has 1 fully saturated rings.